The molecule has 17 aromatic rings. The fourth-order valence-electron chi connectivity index (χ4n) is 15.1. The number of benzene rings is 10. The van der Waals surface area contributed by atoms with Gasteiger partial charge in [-0.2, -0.15) is 0 Å². The maximum atomic E-state index is 12.8. The minimum absolute atomic E-state index is 0. The van der Waals surface area contributed by atoms with E-state index in [0.29, 0.717) is 26.6 Å². The third-order valence-corrected chi connectivity index (χ3v) is 37.5. The summed E-state index contributed by atoms with van der Waals surface area (Å²) in [6, 6.07) is 105. The Morgan fingerprint density at radius 3 is 1.49 bits per heavy atom. The van der Waals surface area contributed by atoms with E-state index in [1.807, 2.05) is 116 Å². The van der Waals surface area contributed by atoms with Gasteiger partial charge in [0.25, 0.3) is 0 Å². The van der Waals surface area contributed by atoms with Crippen LogP contribution in [0.5, 0.6) is 0 Å². The average molecular weight is 2300 g/mol. The predicted molar refractivity (Wildman–Crippen MR) is 532 cm³/mol. The van der Waals surface area contributed by atoms with E-state index in [0.717, 1.165) is 78.2 Å². The molecule has 0 aliphatic carbocycles. The van der Waals surface area contributed by atoms with E-state index in [2.05, 4.69) is 306 Å². The van der Waals surface area contributed by atoms with Crippen molar-refractivity contribution in [3.63, 3.8) is 0 Å². The van der Waals surface area contributed by atoms with Gasteiger partial charge in [0.2, 0.25) is 0 Å². The standard InChI is InChI=1S/C28H28NSi2.C20H18NO2SSi.C20H18NOSi.2C14H16NSi.C11H8N.3Ir/c1-30(2,3)27-19-29-25(18-24(27)20-12-7-6-8-13-20)23-16-11-15-22-21-14-9-10-17-26(21)31(4,5)28(22)23;1-25(2,3)15-9-11-18(21-13-15)14-8-10-17-16-6-4-5-7-19(16)24(22,23)20(17)12-14;1-23(2,3)15-9-10-18(21-13-15)14-8-11-20-17(12-14)16-6-4-5-7-19(16)22-20;1-16(2,3)13-10-7-11-15-14(13)12-8-5-4-6-9-12;1-16(2,3)13-9-10-14(15-11-13)12-7-5-4-6-8-12;1-2-6-10(7-3-1)11-8-4-5-9-12-11;;;/h6-15,17-19H,1-5H3;4-7,9-13H,1-3H3;4-7,9-13H,1-3H3;4-8,10-11H,1-3H3;4-7,9-11H,1-3H3;1-6,8-9H;;;/q6*-1;;;/i;;;;;1D,2D,3D,6D;;;. The number of fused-ring (bicyclic) bond motifs is 9. The summed E-state index contributed by atoms with van der Waals surface area (Å²) in [5, 5.41) is 12.1. The molecule has 0 bridgehead atoms. The van der Waals surface area contributed by atoms with Crippen molar-refractivity contribution in [3.05, 3.63) is 359 Å². The molecule has 9 nitrogen and oxygen atoms in total. The van der Waals surface area contributed by atoms with Crippen molar-refractivity contribution in [2.45, 2.75) is 121 Å². The molecule has 9 heterocycles. The first kappa shape index (κ1) is 90.9. The largest absolute Gasteiger partial charge is 0.500 e. The Morgan fingerprint density at radius 2 is 0.897 bits per heavy atom. The van der Waals surface area contributed by atoms with Gasteiger partial charge in [0, 0.05) is 106 Å². The van der Waals surface area contributed by atoms with E-state index in [-0.39, 0.29) is 84.5 Å². The normalized spacial score (nSPS) is 12.9. The minimum atomic E-state index is -3.47. The van der Waals surface area contributed by atoms with Crippen LogP contribution in [-0.2, 0) is 70.2 Å². The molecule has 0 unspecified atom stereocenters. The summed E-state index contributed by atoms with van der Waals surface area (Å²) >= 11 is 0. The first-order valence-corrected chi connectivity index (χ1v) is 63.5. The summed E-state index contributed by atoms with van der Waals surface area (Å²) in [6.45, 7) is 40.0. The molecule has 7 aromatic heterocycles. The molecule has 0 atom stereocenters. The van der Waals surface area contributed by atoms with Gasteiger partial charge in [0.15, 0.2) is 9.84 Å². The molecule has 0 N–H and O–H groups in total. The Bertz CT molecular complexity index is 6950. The Morgan fingerprint density at radius 1 is 0.357 bits per heavy atom. The number of furan rings is 1. The van der Waals surface area contributed by atoms with E-state index in [1.165, 1.54) is 64.1 Å². The number of rotatable bonds is 12. The van der Waals surface area contributed by atoms with Crippen molar-refractivity contribution in [1.82, 2.24) is 29.9 Å². The summed E-state index contributed by atoms with van der Waals surface area (Å²) < 4.78 is 61.6. The maximum absolute atomic E-state index is 12.8. The molecule has 19 rings (SSSR count). The molecule has 643 valence electrons. The van der Waals surface area contributed by atoms with Crippen molar-refractivity contribution < 1.29 is 78.6 Å². The summed E-state index contributed by atoms with van der Waals surface area (Å²) in [4.78, 5) is 28.0. The van der Waals surface area contributed by atoms with Gasteiger partial charge in [0.05, 0.1) is 58.9 Å². The smallest absolute Gasteiger partial charge is 0.189 e. The quantitative estimate of drug-likeness (QED) is 0.0868. The molecule has 3 radical (unpaired) electrons. The van der Waals surface area contributed by atoms with Crippen LogP contribution in [0.3, 0.4) is 0 Å². The van der Waals surface area contributed by atoms with Crippen molar-refractivity contribution in [1.29, 1.82) is 0 Å². The van der Waals surface area contributed by atoms with Gasteiger partial charge in [-0.05, 0) is 109 Å². The van der Waals surface area contributed by atoms with Crippen LogP contribution in [0.25, 0.3) is 123 Å². The molecule has 0 spiro atoms. The minimum Gasteiger partial charge on any atom is -0.500 e. The average Bonchev–Trinajstić information content (AvgIpc) is 1.58. The van der Waals surface area contributed by atoms with Gasteiger partial charge in [-0.25, -0.2) is 8.42 Å². The zero-order valence-corrected chi connectivity index (χ0v) is 88.1. The number of para-hydroxylation sites is 1. The van der Waals surface area contributed by atoms with Crippen LogP contribution in [0.1, 0.15) is 5.48 Å². The van der Waals surface area contributed by atoms with Gasteiger partial charge in [-0.15, -0.1) is 184 Å². The van der Waals surface area contributed by atoms with E-state index >= 15 is 0 Å². The van der Waals surface area contributed by atoms with E-state index < -0.39 is 58.3 Å². The molecule has 10 aromatic carbocycles. The molecule has 0 amide bonds. The van der Waals surface area contributed by atoms with Crippen molar-refractivity contribution in [2.24, 2.45) is 0 Å². The van der Waals surface area contributed by atoms with Crippen molar-refractivity contribution in [2.75, 3.05) is 0 Å². The second-order valence-corrected chi connectivity index (χ2v) is 67.8. The van der Waals surface area contributed by atoms with Crippen molar-refractivity contribution >= 4 is 117 Å². The number of pyridine rings is 6. The van der Waals surface area contributed by atoms with E-state index in [9.17, 15) is 8.42 Å². The predicted octanol–water partition coefficient (Wildman–Crippen LogP) is 23.2. The fourth-order valence-corrected chi connectivity index (χ4v) is 26.3. The number of sulfone groups is 1. The number of hydrogen-bond donors (Lipinski definition) is 0. The molecule has 0 fully saturated rings. The molecule has 19 heteroatoms. The summed E-state index contributed by atoms with van der Waals surface area (Å²) in [5.74, 6) is 0. The first-order chi connectivity index (χ1) is 60.4. The van der Waals surface area contributed by atoms with E-state index in [1.54, 1.807) is 48.7 Å². The third-order valence-electron chi connectivity index (χ3n) is 22.0. The van der Waals surface area contributed by atoms with Crippen LogP contribution in [0.15, 0.2) is 336 Å². The Kier molecular flexibility index (Phi) is 29.6. The number of nitrogens with zero attached hydrogens (tertiary/aromatic N) is 6. The monoisotopic (exact) mass is 2300 g/mol. The van der Waals surface area contributed by atoms with Gasteiger partial charge in [-0.1, -0.05) is 290 Å². The zero-order valence-electron chi connectivity index (χ0n) is 78.1. The summed E-state index contributed by atoms with van der Waals surface area (Å²) in [6.07, 6.45) is 11.5. The van der Waals surface area contributed by atoms with Crippen LogP contribution in [0, 0.1) is 36.4 Å². The summed E-state index contributed by atoms with van der Waals surface area (Å²) in [7, 11) is -12.1. The molecule has 2 aliphatic rings. The zero-order chi connectivity index (χ0) is 90.5. The van der Waals surface area contributed by atoms with Crippen LogP contribution in [0.2, 0.25) is 111 Å². The first-order valence-electron chi connectivity index (χ1n) is 43.5. The molecular weight excluding hydrogens is 2190 g/mol. The molecular formula is C107H104Ir3N6O3SSi6-6. The van der Waals surface area contributed by atoms with Gasteiger partial charge < -0.3 is 34.3 Å². The molecule has 2 aliphatic heterocycles. The maximum Gasteiger partial charge on any atom is 0.189 e. The van der Waals surface area contributed by atoms with Crippen LogP contribution in [-0.4, -0.2) is 86.8 Å². The Hall–Kier alpha value is -9.90. The SMILES string of the molecule is C[Si](C)(C)c1ccc(-c2[c-]cc3c(c2)S(=O)(=O)c2ccccc2-3)nc1.C[Si](C)(C)c1ccc(-c2[c-]cc3oc4ccccc4c3c2)nc1.C[Si](C)(C)c1ccc(-c2[c-]cccc2)nc1.C[Si](C)(C)c1cccnc1-c1[c-]cccc1.C[Si](C)(C)c1cnc(-c2[c-]ccc3c2[Si](C)(C)c2ccccc2-3)cc1-c1ccccc1.[2H]c1[c-]c(-c2ccccn2)c([2H])c([2H])c1[2H].[Ir].[Ir].[Ir]. The Labute approximate surface area is 798 Å². The van der Waals surface area contributed by atoms with Gasteiger partial charge >= 0.3 is 0 Å². The summed E-state index contributed by atoms with van der Waals surface area (Å²) in [5.41, 5.74) is 19.3. The second kappa shape index (κ2) is 41.0. The third kappa shape index (κ3) is 22.4. The number of aromatic nitrogens is 6. The van der Waals surface area contributed by atoms with Crippen molar-refractivity contribution in [3.8, 4) is 101 Å². The molecule has 0 saturated heterocycles. The van der Waals surface area contributed by atoms with Crippen LogP contribution in [0.4, 0.5) is 0 Å². The topological polar surface area (TPSA) is 125 Å². The molecule has 0 saturated carbocycles. The van der Waals surface area contributed by atoms with Gasteiger partial charge in [0.1, 0.15) is 5.58 Å². The van der Waals surface area contributed by atoms with E-state index in [4.69, 9.17) is 14.9 Å². The van der Waals surface area contributed by atoms with Crippen LogP contribution >= 0.6 is 0 Å². The van der Waals surface area contributed by atoms with Crippen LogP contribution < -0.4 is 36.3 Å². The molecule has 126 heavy (non-hydrogen) atoms. The Balaban J connectivity index is 0.000000153. The fraction of sp³-hybridized carbons (Fsp3) is 0.159. The van der Waals surface area contributed by atoms with Gasteiger partial charge in [-0.3, -0.25) is 0 Å². The second-order valence-electron chi connectivity index (χ2n) is 36.4. The number of hydrogen-bond acceptors (Lipinski definition) is 9.